The first-order chi connectivity index (χ1) is 9.74. The van der Waals surface area contributed by atoms with Gasteiger partial charge in [0, 0.05) is 0 Å². The Kier molecular flexibility index (Phi) is 5.03. The summed E-state index contributed by atoms with van der Waals surface area (Å²) in [5.74, 6) is 7.20. The molecule has 106 valence electrons. The van der Waals surface area contributed by atoms with Gasteiger partial charge >= 0.3 is 0 Å². The molecular formula is C14H16ClN3O2. The van der Waals surface area contributed by atoms with Crippen LogP contribution in [0.1, 0.15) is 12.6 Å². The molecule has 5 nitrogen and oxygen atoms in total. The minimum Gasteiger partial charge on any atom is -0.490 e. The standard InChI is InChI=1S/C14H16ClN3O2/c1-2-19-12-5-3-4-6-13(12)20-9-11-10(15)7-8-14(17-11)18-16/h3-8H,2,9,16H2,1H3,(H,17,18). The van der Waals surface area contributed by atoms with Gasteiger partial charge in [-0.3, -0.25) is 0 Å². The normalized spacial score (nSPS) is 10.2. The van der Waals surface area contributed by atoms with Crippen molar-refractivity contribution >= 4 is 17.4 Å². The number of nitrogen functional groups attached to an aromatic ring is 1. The van der Waals surface area contributed by atoms with Crippen molar-refractivity contribution < 1.29 is 9.47 Å². The van der Waals surface area contributed by atoms with E-state index in [1.165, 1.54) is 0 Å². The second-order valence-corrected chi connectivity index (χ2v) is 4.34. The van der Waals surface area contributed by atoms with Gasteiger partial charge in [-0.05, 0) is 31.2 Å². The average molecular weight is 294 g/mol. The molecule has 1 aromatic carbocycles. The number of aromatic nitrogens is 1. The predicted octanol–water partition coefficient (Wildman–Crippen LogP) is 3.00. The maximum Gasteiger partial charge on any atom is 0.161 e. The predicted molar refractivity (Wildman–Crippen MR) is 79.0 cm³/mol. The number of para-hydroxylation sites is 2. The van der Waals surface area contributed by atoms with Crippen LogP contribution < -0.4 is 20.7 Å². The van der Waals surface area contributed by atoms with E-state index in [0.717, 1.165) is 0 Å². The van der Waals surface area contributed by atoms with E-state index in [0.29, 0.717) is 34.6 Å². The smallest absolute Gasteiger partial charge is 0.161 e. The molecule has 0 aliphatic heterocycles. The zero-order valence-corrected chi connectivity index (χ0v) is 11.9. The zero-order valence-electron chi connectivity index (χ0n) is 11.1. The highest BCUT2D eigenvalue weighted by atomic mass is 35.5. The second-order valence-electron chi connectivity index (χ2n) is 3.94. The fourth-order valence-corrected chi connectivity index (χ4v) is 1.82. The number of halogens is 1. The molecule has 0 aliphatic rings. The van der Waals surface area contributed by atoms with Crippen LogP contribution in [0.15, 0.2) is 36.4 Å². The van der Waals surface area contributed by atoms with E-state index >= 15 is 0 Å². The first-order valence-electron chi connectivity index (χ1n) is 6.21. The molecule has 3 N–H and O–H groups in total. The van der Waals surface area contributed by atoms with Gasteiger partial charge in [-0.25, -0.2) is 10.8 Å². The number of pyridine rings is 1. The molecule has 0 spiro atoms. The van der Waals surface area contributed by atoms with Gasteiger partial charge in [0.05, 0.1) is 17.3 Å². The first kappa shape index (κ1) is 14.4. The topological polar surface area (TPSA) is 69.4 Å². The minimum absolute atomic E-state index is 0.235. The van der Waals surface area contributed by atoms with Crippen molar-refractivity contribution in [3.8, 4) is 11.5 Å². The molecule has 0 atom stereocenters. The van der Waals surface area contributed by atoms with Gasteiger partial charge in [-0.2, -0.15) is 0 Å². The number of hydrogen-bond donors (Lipinski definition) is 2. The fraction of sp³-hybridized carbons (Fsp3) is 0.214. The third kappa shape index (κ3) is 3.53. The molecule has 20 heavy (non-hydrogen) atoms. The number of nitrogens with one attached hydrogen (secondary N) is 1. The molecule has 0 bridgehead atoms. The second kappa shape index (κ2) is 6.98. The van der Waals surface area contributed by atoms with E-state index in [9.17, 15) is 0 Å². The Bertz CT molecular complexity index is 578. The number of benzene rings is 1. The van der Waals surface area contributed by atoms with E-state index in [1.54, 1.807) is 12.1 Å². The average Bonchev–Trinajstić information content (AvgIpc) is 2.48. The highest BCUT2D eigenvalue weighted by Gasteiger charge is 2.08. The molecule has 1 aromatic heterocycles. The van der Waals surface area contributed by atoms with Gasteiger partial charge in [0.25, 0.3) is 0 Å². The van der Waals surface area contributed by atoms with E-state index in [1.807, 2.05) is 31.2 Å². The summed E-state index contributed by atoms with van der Waals surface area (Å²) in [6.07, 6.45) is 0. The molecule has 0 amide bonds. The van der Waals surface area contributed by atoms with Crippen molar-refractivity contribution in [3.05, 3.63) is 47.1 Å². The lowest BCUT2D eigenvalue weighted by Gasteiger charge is -2.12. The maximum atomic E-state index is 6.08. The van der Waals surface area contributed by atoms with E-state index in [-0.39, 0.29) is 6.61 Å². The molecular weight excluding hydrogens is 278 g/mol. The minimum atomic E-state index is 0.235. The molecule has 6 heteroatoms. The maximum absolute atomic E-state index is 6.08. The number of rotatable bonds is 6. The van der Waals surface area contributed by atoms with E-state index < -0.39 is 0 Å². The van der Waals surface area contributed by atoms with E-state index in [4.69, 9.17) is 26.9 Å². The lowest BCUT2D eigenvalue weighted by Crippen LogP contribution is -2.10. The number of hydrogen-bond acceptors (Lipinski definition) is 5. The van der Waals surface area contributed by atoms with Crippen molar-refractivity contribution in [1.29, 1.82) is 0 Å². The Hall–Kier alpha value is -1.98. The van der Waals surface area contributed by atoms with Gasteiger partial charge in [-0.15, -0.1) is 0 Å². The summed E-state index contributed by atoms with van der Waals surface area (Å²) in [5, 5.41) is 0.526. The summed E-state index contributed by atoms with van der Waals surface area (Å²) >= 11 is 6.08. The summed E-state index contributed by atoms with van der Waals surface area (Å²) < 4.78 is 11.2. The van der Waals surface area contributed by atoms with Crippen LogP contribution in [0, 0.1) is 0 Å². The molecule has 0 fully saturated rings. The number of hydrazine groups is 1. The van der Waals surface area contributed by atoms with Gasteiger partial charge in [0.1, 0.15) is 12.4 Å². The largest absolute Gasteiger partial charge is 0.490 e. The monoisotopic (exact) mass is 293 g/mol. The van der Waals surface area contributed by atoms with Gasteiger partial charge in [0.15, 0.2) is 11.5 Å². The number of ether oxygens (including phenoxy) is 2. The lowest BCUT2D eigenvalue weighted by atomic mass is 10.3. The van der Waals surface area contributed by atoms with Crippen LogP contribution in [-0.2, 0) is 6.61 Å². The molecule has 0 unspecified atom stereocenters. The van der Waals surface area contributed by atoms with Crippen molar-refractivity contribution in [2.75, 3.05) is 12.0 Å². The van der Waals surface area contributed by atoms with Gasteiger partial charge in [0.2, 0.25) is 0 Å². The fourth-order valence-electron chi connectivity index (χ4n) is 1.66. The van der Waals surface area contributed by atoms with Crippen molar-refractivity contribution in [3.63, 3.8) is 0 Å². The van der Waals surface area contributed by atoms with Crippen LogP contribution in [0.4, 0.5) is 5.82 Å². The molecule has 0 radical (unpaired) electrons. The number of nitrogens with two attached hydrogens (primary N) is 1. The van der Waals surface area contributed by atoms with Crippen LogP contribution in [0.25, 0.3) is 0 Å². The van der Waals surface area contributed by atoms with Crippen LogP contribution in [0.2, 0.25) is 5.02 Å². The van der Waals surface area contributed by atoms with Crippen LogP contribution in [0.3, 0.4) is 0 Å². The Morgan fingerprint density at radius 3 is 2.50 bits per heavy atom. The van der Waals surface area contributed by atoms with Crippen LogP contribution in [-0.4, -0.2) is 11.6 Å². The molecule has 1 heterocycles. The highest BCUT2D eigenvalue weighted by Crippen LogP contribution is 2.28. The summed E-state index contributed by atoms with van der Waals surface area (Å²) in [4.78, 5) is 4.25. The van der Waals surface area contributed by atoms with Crippen molar-refractivity contribution in [2.45, 2.75) is 13.5 Å². The molecule has 2 aromatic rings. The Morgan fingerprint density at radius 1 is 1.15 bits per heavy atom. The summed E-state index contributed by atoms with van der Waals surface area (Å²) in [7, 11) is 0. The van der Waals surface area contributed by atoms with E-state index in [2.05, 4.69) is 10.4 Å². The van der Waals surface area contributed by atoms with Gasteiger partial charge < -0.3 is 14.9 Å². The Labute approximate surface area is 122 Å². The molecule has 0 saturated carbocycles. The van der Waals surface area contributed by atoms with Crippen molar-refractivity contribution in [1.82, 2.24) is 4.98 Å². The quantitative estimate of drug-likeness (QED) is 0.633. The van der Waals surface area contributed by atoms with Gasteiger partial charge in [-0.1, -0.05) is 23.7 Å². The Morgan fingerprint density at radius 2 is 1.85 bits per heavy atom. The molecule has 0 aliphatic carbocycles. The summed E-state index contributed by atoms with van der Waals surface area (Å²) in [5.41, 5.74) is 3.08. The van der Waals surface area contributed by atoms with Crippen LogP contribution >= 0.6 is 11.6 Å². The molecule has 0 saturated heterocycles. The van der Waals surface area contributed by atoms with Crippen molar-refractivity contribution in [2.24, 2.45) is 5.84 Å². The number of anilines is 1. The van der Waals surface area contributed by atoms with Crippen LogP contribution in [0.5, 0.6) is 11.5 Å². The SMILES string of the molecule is CCOc1ccccc1OCc1nc(NN)ccc1Cl. The highest BCUT2D eigenvalue weighted by molar-refractivity contribution is 6.31. The molecule has 2 rings (SSSR count). The third-order valence-electron chi connectivity index (χ3n) is 2.58. The number of nitrogens with zero attached hydrogens (tertiary/aromatic N) is 1. The summed E-state index contributed by atoms with van der Waals surface area (Å²) in [6.45, 7) is 2.73. The lowest BCUT2D eigenvalue weighted by molar-refractivity contribution is 0.266. The Balaban J connectivity index is 2.12. The zero-order chi connectivity index (χ0) is 14.4. The first-order valence-corrected chi connectivity index (χ1v) is 6.59. The summed E-state index contributed by atoms with van der Waals surface area (Å²) in [6, 6.07) is 10.9. The third-order valence-corrected chi connectivity index (χ3v) is 2.92.